The topological polar surface area (TPSA) is 87.8 Å². The number of nitrogens with zero attached hydrogens (tertiary/aromatic N) is 3. The van der Waals surface area contributed by atoms with Crippen LogP contribution < -0.4 is 4.72 Å². The van der Waals surface area contributed by atoms with Crippen LogP contribution in [0.15, 0.2) is 59.5 Å². The highest BCUT2D eigenvalue weighted by Gasteiger charge is 2.19. The standard InChI is InChI=1S/C18H16N4O2S/c1-13-6-3-4-9-17(13)22-18(10-14(2)20-22)21-25(23,24)16-8-5-7-15(11-16)12-19/h3-11,21H,1-2H3. The molecule has 1 heterocycles. The smallest absolute Gasteiger partial charge is 0.263 e. The summed E-state index contributed by atoms with van der Waals surface area (Å²) in [6.07, 6.45) is 0. The number of nitrogens with one attached hydrogen (secondary N) is 1. The molecule has 0 bridgehead atoms. The number of aromatic nitrogens is 2. The van der Waals surface area contributed by atoms with Crippen molar-refractivity contribution < 1.29 is 8.42 Å². The molecule has 1 aromatic heterocycles. The van der Waals surface area contributed by atoms with Crippen molar-refractivity contribution in [3.8, 4) is 11.8 Å². The molecule has 25 heavy (non-hydrogen) atoms. The molecule has 3 rings (SSSR count). The van der Waals surface area contributed by atoms with E-state index >= 15 is 0 Å². The Balaban J connectivity index is 2.04. The van der Waals surface area contributed by atoms with Crippen molar-refractivity contribution in [2.45, 2.75) is 18.7 Å². The lowest BCUT2D eigenvalue weighted by molar-refractivity contribution is 0.600. The zero-order valence-corrected chi connectivity index (χ0v) is 14.6. The Bertz CT molecular complexity index is 1080. The van der Waals surface area contributed by atoms with Gasteiger partial charge in [0.25, 0.3) is 10.0 Å². The maximum absolute atomic E-state index is 12.7. The second kappa shape index (κ2) is 6.42. The molecule has 0 radical (unpaired) electrons. The number of benzene rings is 2. The monoisotopic (exact) mass is 352 g/mol. The van der Waals surface area contributed by atoms with Gasteiger partial charge in [-0.2, -0.15) is 10.4 Å². The molecule has 0 unspecified atom stereocenters. The molecule has 0 spiro atoms. The predicted octanol–water partition coefficient (Wildman–Crippen LogP) is 3.16. The van der Waals surface area contributed by atoms with E-state index < -0.39 is 10.0 Å². The van der Waals surface area contributed by atoms with Crippen LogP contribution in [0.25, 0.3) is 5.69 Å². The van der Waals surface area contributed by atoms with Gasteiger partial charge < -0.3 is 0 Å². The molecule has 1 N–H and O–H groups in total. The van der Waals surface area contributed by atoms with Crippen molar-refractivity contribution in [3.05, 3.63) is 71.4 Å². The van der Waals surface area contributed by atoms with Crippen LogP contribution in [0, 0.1) is 25.2 Å². The third-order valence-electron chi connectivity index (χ3n) is 3.69. The molecule has 0 amide bonds. The first-order valence-corrected chi connectivity index (χ1v) is 9.05. The van der Waals surface area contributed by atoms with Crippen molar-refractivity contribution >= 4 is 15.8 Å². The molecular weight excluding hydrogens is 336 g/mol. The number of aryl methyl sites for hydroxylation is 2. The fraction of sp³-hybridized carbons (Fsp3) is 0.111. The fourth-order valence-corrected chi connectivity index (χ4v) is 3.56. The third kappa shape index (κ3) is 3.39. The molecule has 0 aliphatic carbocycles. The van der Waals surface area contributed by atoms with E-state index in [0.717, 1.165) is 11.3 Å². The number of rotatable bonds is 4. The third-order valence-corrected chi connectivity index (χ3v) is 5.04. The summed E-state index contributed by atoms with van der Waals surface area (Å²) in [4.78, 5) is 0.0294. The summed E-state index contributed by atoms with van der Waals surface area (Å²) in [6, 6.07) is 17.1. The van der Waals surface area contributed by atoms with Gasteiger partial charge in [0.05, 0.1) is 27.9 Å². The molecule has 7 heteroatoms. The minimum absolute atomic E-state index is 0.0294. The van der Waals surface area contributed by atoms with Crippen LogP contribution in [0.2, 0.25) is 0 Å². The lowest BCUT2D eigenvalue weighted by Gasteiger charge is -2.12. The van der Waals surface area contributed by atoms with Crippen molar-refractivity contribution in [2.24, 2.45) is 0 Å². The van der Waals surface area contributed by atoms with Crippen LogP contribution in [0.5, 0.6) is 0 Å². The molecule has 2 aromatic carbocycles. The van der Waals surface area contributed by atoms with Crippen molar-refractivity contribution in [3.63, 3.8) is 0 Å². The van der Waals surface area contributed by atoms with Crippen molar-refractivity contribution in [2.75, 3.05) is 4.72 Å². The minimum Gasteiger partial charge on any atom is -0.263 e. The average Bonchev–Trinajstić information content (AvgIpc) is 2.94. The number of para-hydroxylation sites is 1. The largest absolute Gasteiger partial charge is 0.263 e. The number of hydrogen-bond acceptors (Lipinski definition) is 4. The summed E-state index contributed by atoms with van der Waals surface area (Å²) in [5.41, 5.74) is 2.73. The highest BCUT2D eigenvalue weighted by molar-refractivity contribution is 7.92. The SMILES string of the molecule is Cc1cc(NS(=O)(=O)c2cccc(C#N)c2)n(-c2ccccc2C)n1. The summed E-state index contributed by atoms with van der Waals surface area (Å²) in [6.45, 7) is 3.73. The molecule has 0 aliphatic rings. The summed E-state index contributed by atoms with van der Waals surface area (Å²) in [5.74, 6) is 0.342. The van der Waals surface area contributed by atoms with E-state index in [1.165, 1.54) is 18.2 Å². The van der Waals surface area contributed by atoms with E-state index in [2.05, 4.69) is 9.82 Å². The first kappa shape index (κ1) is 16.7. The highest BCUT2D eigenvalue weighted by atomic mass is 32.2. The summed E-state index contributed by atoms with van der Waals surface area (Å²) in [5, 5.41) is 13.4. The number of anilines is 1. The van der Waals surface area contributed by atoms with Gasteiger partial charge >= 0.3 is 0 Å². The van der Waals surface area contributed by atoms with Gasteiger partial charge in [-0.25, -0.2) is 13.1 Å². The first-order chi connectivity index (χ1) is 11.9. The fourth-order valence-electron chi connectivity index (χ4n) is 2.49. The van der Waals surface area contributed by atoms with Gasteiger partial charge in [0.1, 0.15) is 5.82 Å². The van der Waals surface area contributed by atoms with Crippen molar-refractivity contribution in [1.82, 2.24) is 9.78 Å². The number of nitriles is 1. The maximum atomic E-state index is 12.7. The van der Waals surface area contributed by atoms with Crippen LogP contribution in [0.3, 0.4) is 0 Å². The van der Waals surface area contributed by atoms with Gasteiger partial charge in [-0.3, -0.25) is 4.72 Å². The Kier molecular flexibility index (Phi) is 4.30. The van der Waals surface area contributed by atoms with Crippen molar-refractivity contribution in [1.29, 1.82) is 5.26 Å². The van der Waals surface area contributed by atoms with Gasteiger partial charge in [-0.05, 0) is 43.7 Å². The first-order valence-electron chi connectivity index (χ1n) is 7.56. The van der Waals surface area contributed by atoms with Gasteiger partial charge in [0.15, 0.2) is 0 Å². The molecule has 0 fully saturated rings. The van der Waals surface area contributed by atoms with Crippen LogP contribution in [0.4, 0.5) is 5.82 Å². The molecule has 6 nitrogen and oxygen atoms in total. The lowest BCUT2D eigenvalue weighted by Crippen LogP contribution is -2.16. The summed E-state index contributed by atoms with van der Waals surface area (Å²) < 4.78 is 29.5. The molecular formula is C18H16N4O2S. The Morgan fingerprint density at radius 3 is 2.56 bits per heavy atom. The van der Waals surface area contributed by atoms with Crippen LogP contribution >= 0.6 is 0 Å². The highest BCUT2D eigenvalue weighted by Crippen LogP contribution is 2.23. The maximum Gasteiger partial charge on any atom is 0.263 e. The minimum atomic E-state index is -3.84. The lowest BCUT2D eigenvalue weighted by atomic mass is 10.2. The Morgan fingerprint density at radius 2 is 1.84 bits per heavy atom. The second-order valence-corrected chi connectivity index (χ2v) is 7.30. The predicted molar refractivity (Wildman–Crippen MR) is 95.0 cm³/mol. The van der Waals surface area contributed by atoms with E-state index in [4.69, 9.17) is 5.26 Å². The van der Waals surface area contributed by atoms with E-state index in [-0.39, 0.29) is 10.5 Å². The van der Waals surface area contributed by atoms with Gasteiger partial charge in [-0.15, -0.1) is 0 Å². The molecule has 126 valence electrons. The second-order valence-electron chi connectivity index (χ2n) is 5.61. The number of hydrogen-bond donors (Lipinski definition) is 1. The van der Waals surface area contributed by atoms with E-state index in [1.54, 1.807) is 23.7 Å². The molecule has 0 aliphatic heterocycles. The van der Waals surface area contributed by atoms with Crippen LogP contribution in [-0.2, 0) is 10.0 Å². The average molecular weight is 352 g/mol. The molecule has 0 saturated carbocycles. The van der Waals surface area contributed by atoms with E-state index in [1.807, 2.05) is 37.3 Å². The quantitative estimate of drug-likeness (QED) is 0.781. The number of sulfonamides is 1. The van der Waals surface area contributed by atoms with Gasteiger partial charge in [0, 0.05) is 6.07 Å². The van der Waals surface area contributed by atoms with Gasteiger partial charge in [0.2, 0.25) is 0 Å². The Morgan fingerprint density at radius 1 is 1.08 bits per heavy atom. The summed E-state index contributed by atoms with van der Waals surface area (Å²) >= 11 is 0. The molecule has 0 atom stereocenters. The Hall–Kier alpha value is -3.11. The van der Waals surface area contributed by atoms with Gasteiger partial charge in [-0.1, -0.05) is 24.3 Å². The zero-order chi connectivity index (χ0) is 18.0. The van der Waals surface area contributed by atoms with E-state index in [0.29, 0.717) is 11.5 Å². The van der Waals surface area contributed by atoms with E-state index in [9.17, 15) is 8.42 Å². The molecule has 3 aromatic rings. The Labute approximate surface area is 146 Å². The normalized spacial score (nSPS) is 11.1. The molecule has 0 saturated heterocycles. The summed E-state index contributed by atoms with van der Waals surface area (Å²) in [7, 11) is -3.84. The zero-order valence-electron chi connectivity index (χ0n) is 13.8. The van der Waals surface area contributed by atoms with Crippen LogP contribution in [0.1, 0.15) is 16.8 Å². The van der Waals surface area contributed by atoms with Crippen LogP contribution in [-0.4, -0.2) is 18.2 Å².